The quantitative estimate of drug-likeness (QED) is 0.921. The second-order valence-electron chi connectivity index (χ2n) is 4.74. The van der Waals surface area contributed by atoms with Crippen LogP contribution in [0.2, 0.25) is 10.0 Å². The number of carbonyl (C=O) groups excluding carboxylic acids is 1. The van der Waals surface area contributed by atoms with Crippen LogP contribution in [0.15, 0.2) is 18.2 Å². The number of hydrogen-bond donors (Lipinski definition) is 1. The average molecular weight is 332 g/mol. The zero-order valence-corrected chi connectivity index (χ0v) is 12.9. The molecule has 0 bridgehead atoms. The summed E-state index contributed by atoms with van der Waals surface area (Å²) < 4.78 is 5.20. The first kappa shape index (κ1) is 16.1. The molecule has 0 aromatic heterocycles. The molecule has 1 saturated heterocycles. The van der Waals surface area contributed by atoms with Crippen LogP contribution in [0, 0.1) is 0 Å². The lowest BCUT2D eigenvalue weighted by Gasteiger charge is -2.39. The second-order valence-corrected chi connectivity index (χ2v) is 5.53. The summed E-state index contributed by atoms with van der Waals surface area (Å²) in [7, 11) is 0. The minimum absolute atomic E-state index is 0.244. The number of carbonyl (C=O) groups is 2. The minimum Gasteiger partial charge on any atom is -0.479 e. The molecule has 0 spiro atoms. The summed E-state index contributed by atoms with van der Waals surface area (Å²) in [4.78, 5) is 25.0. The molecule has 1 aliphatic rings. The minimum atomic E-state index is -1.16. The predicted octanol–water partition coefficient (Wildman–Crippen LogP) is 2.76. The zero-order chi connectivity index (χ0) is 15.6. The van der Waals surface area contributed by atoms with E-state index in [1.165, 1.54) is 4.90 Å². The summed E-state index contributed by atoms with van der Waals surface area (Å²) in [6.45, 7) is 2.10. The van der Waals surface area contributed by atoms with Crippen LogP contribution in [0.3, 0.4) is 0 Å². The van der Waals surface area contributed by atoms with Crippen molar-refractivity contribution in [1.82, 2.24) is 4.90 Å². The number of carboxylic acids is 1. The van der Waals surface area contributed by atoms with Crippen molar-refractivity contribution in [3.63, 3.8) is 0 Å². The molecule has 2 unspecified atom stereocenters. The van der Waals surface area contributed by atoms with E-state index in [0.29, 0.717) is 23.6 Å². The topological polar surface area (TPSA) is 66.8 Å². The van der Waals surface area contributed by atoms with Gasteiger partial charge >= 0.3 is 5.97 Å². The zero-order valence-electron chi connectivity index (χ0n) is 11.4. The van der Waals surface area contributed by atoms with E-state index in [0.717, 1.165) is 0 Å². The predicted molar refractivity (Wildman–Crippen MR) is 78.6 cm³/mol. The number of hydrogen-bond acceptors (Lipinski definition) is 3. The number of carboxylic acid groups (broad SMARTS) is 1. The van der Waals surface area contributed by atoms with Crippen LogP contribution in [0.5, 0.6) is 0 Å². The standard InChI is InChI=1S/C14H15Cl2NO4/c1-2-6-17-10(18)7-21-13(14(19)20)12(17)8-4-3-5-9(15)11(8)16/h3-5,12-13H,2,6-7H2,1H3,(H,19,20). The Kier molecular flexibility index (Phi) is 5.08. The molecule has 1 amide bonds. The summed E-state index contributed by atoms with van der Waals surface area (Å²) in [6.07, 6.45) is -0.461. The molecular weight excluding hydrogens is 317 g/mol. The maximum absolute atomic E-state index is 12.1. The van der Waals surface area contributed by atoms with Gasteiger partial charge in [0.2, 0.25) is 5.91 Å². The molecule has 7 heteroatoms. The number of morpholine rings is 1. The SMILES string of the molecule is CCCN1C(=O)COC(C(=O)O)C1c1cccc(Cl)c1Cl. The van der Waals surface area contributed by atoms with Gasteiger partial charge in [0, 0.05) is 6.54 Å². The number of amides is 1. The summed E-state index contributed by atoms with van der Waals surface area (Å²) in [6, 6.07) is 4.17. The lowest BCUT2D eigenvalue weighted by molar-refractivity contribution is -0.173. The summed E-state index contributed by atoms with van der Waals surface area (Å²) in [5, 5.41) is 9.92. The fourth-order valence-corrected chi connectivity index (χ4v) is 2.86. The van der Waals surface area contributed by atoms with Crippen molar-refractivity contribution in [3.8, 4) is 0 Å². The van der Waals surface area contributed by atoms with E-state index in [2.05, 4.69) is 0 Å². The Hall–Kier alpha value is -1.30. The molecule has 1 aromatic rings. The number of aliphatic carboxylic acids is 1. The third-order valence-corrected chi connectivity index (χ3v) is 4.17. The van der Waals surface area contributed by atoms with Crippen LogP contribution in [0.1, 0.15) is 24.9 Å². The highest BCUT2D eigenvalue weighted by Gasteiger charge is 2.42. The van der Waals surface area contributed by atoms with E-state index in [4.69, 9.17) is 27.9 Å². The molecular formula is C14H15Cl2NO4. The Morgan fingerprint density at radius 2 is 2.19 bits per heavy atom. The molecule has 0 radical (unpaired) electrons. The Labute approximate surface area is 132 Å². The van der Waals surface area contributed by atoms with Gasteiger partial charge in [-0.1, -0.05) is 42.3 Å². The second kappa shape index (κ2) is 6.64. The van der Waals surface area contributed by atoms with E-state index < -0.39 is 18.1 Å². The lowest BCUT2D eigenvalue weighted by atomic mass is 9.97. The number of ether oxygens (including phenoxy) is 1. The fraction of sp³-hybridized carbons (Fsp3) is 0.429. The van der Waals surface area contributed by atoms with Gasteiger partial charge in [-0.3, -0.25) is 4.79 Å². The van der Waals surface area contributed by atoms with E-state index in [-0.39, 0.29) is 17.5 Å². The number of halogens is 2. The molecule has 0 aliphatic carbocycles. The monoisotopic (exact) mass is 331 g/mol. The van der Waals surface area contributed by atoms with Gasteiger partial charge in [-0.15, -0.1) is 0 Å². The third-order valence-electron chi connectivity index (χ3n) is 3.34. The molecule has 21 heavy (non-hydrogen) atoms. The fourth-order valence-electron chi connectivity index (χ4n) is 2.44. The van der Waals surface area contributed by atoms with Gasteiger partial charge in [0.1, 0.15) is 6.61 Å². The number of nitrogens with zero attached hydrogens (tertiary/aromatic N) is 1. The largest absolute Gasteiger partial charge is 0.479 e. The van der Waals surface area contributed by atoms with Gasteiger partial charge in [0.25, 0.3) is 0 Å². The van der Waals surface area contributed by atoms with E-state index in [9.17, 15) is 14.7 Å². The molecule has 114 valence electrons. The van der Waals surface area contributed by atoms with Crippen LogP contribution in [-0.2, 0) is 14.3 Å². The smallest absolute Gasteiger partial charge is 0.335 e. The summed E-state index contributed by atoms with van der Waals surface area (Å²) >= 11 is 12.2. The van der Waals surface area contributed by atoms with E-state index in [1.807, 2.05) is 6.92 Å². The highest BCUT2D eigenvalue weighted by atomic mass is 35.5. The Morgan fingerprint density at radius 1 is 1.48 bits per heavy atom. The van der Waals surface area contributed by atoms with Crippen LogP contribution in [-0.4, -0.2) is 41.1 Å². The normalized spacial score (nSPS) is 22.4. The van der Waals surface area contributed by atoms with Gasteiger partial charge in [0.05, 0.1) is 16.1 Å². The van der Waals surface area contributed by atoms with Crippen LogP contribution >= 0.6 is 23.2 Å². The van der Waals surface area contributed by atoms with Crippen molar-refractivity contribution in [3.05, 3.63) is 33.8 Å². The molecule has 1 aliphatic heterocycles. The van der Waals surface area contributed by atoms with E-state index >= 15 is 0 Å². The summed E-state index contributed by atoms with van der Waals surface area (Å²) in [5.74, 6) is -1.39. The Bertz CT molecular complexity index is 564. The first-order chi connectivity index (χ1) is 9.97. The Balaban J connectivity index is 2.51. The molecule has 2 atom stereocenters. The number of rotatable bonds is 4. The molecule has 0 saturated carbocycles. The van der Waals surface area contributed by atoms with Crippen LogP contribution in [0.4, 0.5) is 0 Å². The highest BCUT2D eigenvalue weighted by Crippen LogP contribution is 2.37. The van der Waals surface area contributed by atoms with Gasteiger partial charge < -0.3 is 14.7 Å². The molecule has 1 heterocycles. The molecule has 1 N–H and O–H groups in total. The number of benzene rings is 1. The van der Waals surface area contributed by atoms with Gasteiger partial charge in [0.15, 0.2) is 6.10 Å². The van der Waals surface area contributed by atoms with Gasteiger partial charge in [-0.25, -0.2) is 4.79 Å². The molecule has 2 rings (SSSR count). The van der Waals surface area contributed by atoms with E-state index in [1.54, 1.807) is 18.2 Å². The van der Waals surface area contributed by atoms with Gasteiger partial charge in [-0.05, 0) is 18.1 Å². The Morgan fingerprint density at radius 3 is 2.81 bits per heavy atom. The molecule has 1 fully saturated rings. The molecule has 1 aromatic carbocycles. The summed E-state index contributed by atoms with van der Waals surface area (Å²) in [5.41, 5.74) is 0.484. The van der Waals surface area contributed by atoms with Crippen molar-refractivity contribution in [1.29, 1.82) is 0 Å². The van der Waals surface area contributed by atoms with Crippen molar-refractivity contribution in [2.24, 2.45) is 0 Å². The van der Waals surface area contributed by atoms with Crippen molar-refractivity contribution in [2.45, 2.75) is 25.5 Å². The molecule has 5 nitrogen and oxygen atoms in total. The maximum Gasteiger partial charge on any atom is 0.335 e. The first-order valence-electron chi connectivity index (χ1n) is 6.55. The van der Waals surface area contributed by atoms with Crippen LogP contribution in [0.25, 0.3) is 0 Å². The van der Waals surface area contributed by atoms with Crippen molar-refractivity contribution < 1.29 is 19.4 Å². The van der Waals surface area contributed by atoms with Crippen LogP contribution < -0.4 is 0 Å². The average Bonchev–Trinajstić information content (AvgIpc) is 2.44. The lowest BCUT2D eigenvalue weighted by Crippen LogP contribution is -2.52. The highest BCUT2D eigenvalue weighted by molar-refractivity contribution is 6.42. The van der Waals surface area contributed by atoms with Crippen molar-refractivity contribution in [2.75, 3.05) is 13.2 Å². The van der Waals surface area contributed by atoms with Gasteiger partial charge in [-0.2, -0.15) is 0 Å². The maximum atomic E-state index is 12.1. The first-order valence-corrected chi connectivity index (χ1v) is 7.30. The van der Waals surface area contributed by atoms with Crippen molar-refractivity contribution >= 4 is 35.1 Å². The third kappa shape index (κ3) is 3.15.